The van der Waals surface area contributed by atoms with Gasteiger partial charge in [-0.25, -0.2) is 4.98 Å². The summed E-state index contributed by atoms with van der Waals surface area (Å²) in [6.07, 6.45) is 3.19. The molecule has 0 bridgehead atoms. The molecule has 0 aliphatic carbocycles. The maximum atomic E-state index is 14.6. The number of carbonyl (C=O) groups is 9. The number of carboxylic acids is 1. The first-order chi connectivity index (χ1) is 35.6. The Bertz CT molecular complexity index is 2450. The molecule has 3 aromatic rings. The predicted molar refractivity (Wildman–Crippen MR) is 274 cm³/mol. The largest absolute Gasteiger partial charge is 0.508 e. The van der Waals surface area contributed by atoms with Crippen LogP contribution in [0, 0.1) is 11.8 Å². The molecule has 408 valence electrons. The van der Waals surface area contributed by atoms with Crippen molar-refractivity contribution in [2.75, 3.05) is 13.1 Å². The highest BCUT2D eigenvalue weighted by molar-refractivity contribution is 5.98. The summed E-state index contributed by atoms with van der Waals surface area (Å²) in [5.41, 5.74) is 24.0. The Hall–Kier alpha value is -8.09. The molecule has 17 N–H and O–H groups in total. The number of hydrogen-bond donors (Lipinski definition) is 13. The zero-order chi connectivity index (χ0) is 55.4. The number of H-pyrrole nitrogens is 1. The van der Waals surface area contributed by atoms with Crippen LogP contribution >= 0.6 is 0 Å². The Morgan fingerprint density at radius 1 is 0.747 bits per heavy atom. The molecule has 1 aliphatic heterocycles. The van der Waals surface area contributed by atoms with Gasteiger partial charge in [0.15, 0.2) is 5.96 Å². The summed E-state index contributed by atoms with van der Waals surface area (Å²) in [4.78, 5) is 135. The molecule has 1 fully saturated rings. The van der Waals surface area contributed by atoms with Gasteiger partial charge in [0.2, 0.25) is 47.3 Å². The summed E-state index contributed by atoms with van der Waals surface area (Å²) < 4.78 is 0. The third-order valence-electron chi connectivity index (χ3n) is 12.7. The van der Waals surface area contributed by atoms with Crippen LogP contribution in [0.4, 0.5) is 0 Å². The minimum Gasteiger partial charge on any atom is -0.508 e. The van der Waals surface area contributed by atoms with E-state index in [-0.39, 0.29) is 63.3 Å². The lowest BCUT2D eigenvalue weighted by atomic mass is 9.96. The van der Waals surface area contributed by atoms with Crippen LogP contribution in [-0.4, -0.2) is 146 Å². The molecule has 0 saturated carbocycles. The minimum absolute atomic E-state index is 0.0552. The van der Waals surface area contributed by atoms with Crippen molar-refractivity contribution < 1.29 is 53.4 Å². The topological polar surface area (TPSA) is 415 Å². The fourth-order valence-corrected chi connectivity index (χ4v) is 8.34. The number of phenols is 1. The number of aromatic hydroxyl groups is 1. The maximum Gasteiger partial charge on any atom is 0.305 e. The molecule has 2 aromatic carbocycles. The number of phenolic OH excluding ortho intramolecular Hbond substituents is 1. The second-order valence-corrected chi connectivity index (χ2v) is 18.9. The number of aromatic nitrogens is 2. The average molecular weight is 1050 g/mol. The highest BCUT2D eigenvalue weighted by atomic mass is 16.4. The van der Waals surface area contributed by atoms with Crippen LogP contribution < -0.4 is 54.8 Å². The van der Waals surface area contributed by atoms with E-state index < -0.39 is 120 Å². The second kappa shape index (κ2) is 29.0. The minimum atomic E-state index is -1.51. The summed E-state index contributed by atoms with van der Waals surface area (Å²) in [6, 6.07) is 4.54. The molecule has 0 spiro atoms. The summed E-state index contributed by atoms with van der Waals surface area (Å²) in [5, 5.41) is 35.3. The standard InChI is InChI=1S/C50H72N14O11/c1-5-28(4)41(48(74)61-37(23-31-25-55-26-57-31)49(75)64-20-10-14-38(64)46(72)59-35(42(52)68)21-29-11-7-6-8-12-29)63-45(71)36(22-30-15-17-32(65)18-16-30)60-47(73)40(27(2)3)62-44(70)34(13-9-19-56-50(53)54)58-43(69)33(51)24-39(66)67/h6-8,11-12,15-18,25-28,33-38,40-41,65H,5,9-10,13-14,19-24,51H2,1-4H3,(H2,52,68)(H,55,57)(H,58,69)(H,59,72)(H,60,73)(H,61,74)(H,62,70)(H,63,71)(H,66,67)(H4,53,54,56)/t28-,33-,34-,35-,36-,37-,38-,40-,41-/m0/s1. The van der Waals surface area contributed by atoms with Gasteiger partial charge in [0.05, 0.1) is 18.8 Å². The molecule has 0 unspecified atom stereocenters. The number of benzene rings is 2. The van der Waals surface area contributed by atoms with Gasteiger partial charge in [0, 0.05) is 44.2 Å². The molecule has 1 saturated heterocycles. The zero-order valence-corrected chi connectivity index (χ0v) is 42.6. The number of guanidine groups is 1. The molecule has 2 heterocycles. The first kappa shape index (κ1) is 59.5. The van der Waals surface area contributed by atoms with Crippen LogP contribution in [0.1, 0.15) is 83.0 Å². The van der Waals surface area contributed by atoms with Gasteiger partial charge < -0.3 is 74.9 Å². The van der Waals surface area contributed by atoms with Gasteiger partial charge in [-0.1, -0.05) is 76.6 Å². The fourth-order valence-electron chi connectivity index (χ4n) is 8.34. The molecule has 8 amide bonds. The van der Waals surface area contributed by atoms with E-state index in [0.717, 1.165) is 5.56 Å². The lowest BCUT2D eigenvalue weighted by molar-refractivity contribution is -0.142. The number of rotatable bonds is 29. The van der Waals surface area contributed by atoms with E-state index in [1.165, 1.54) is 41.7 Å². The van der Waals surface area contributed by atoms with Crippen molar-refractivity contribution in [2.45, 2.75) is 134 Å². The smallest absolute Gasteiger partial charge is 0.305 e. The van der Waals surface area contributed by atoms with Crippen molar-refractivity contribution in [2.24, 2.45) is 39.8 Å². The molecular formula is C50H72N14O11. The third-order valence-corrected chi connectivity index (χ3v) is 12.7. The van der Waals surface area contributed by atoms with Crippen LogP contribution in [-0.2, 0) is 62.4 Å². The van der Waals surface area contributed by atoms with Gasteiger partial charge in [-0.15, -0.1) is 0 Å². The van der Waals surface area contributed by atoms with E-state index in [2.05, 4.69) is 46.9 Å². The van der Waals surface area contributed by atoms with E-state index >= 15 is 0 Å². The first-order valence-corrected chi connectivity index (χ1v) is 24.8. The van der Waals surface area contributed by atoms with E-state index in [1.54, 1.807) is 52.0 Å². The number of hydrogen-bond acceptors (Lipinski definition) is 13. The van der Waals surface area contributed by atoms with Gasteiger partial charge in [-0.3, -0.25) is 48.1 Å². The van der Waals surface area contributed by atoms with Crippen molar-refractivity contribution >= 4 is 59.2 Å². The number of imidazole rings is 1. The molecule has 75 heavy (non-hydrogen) atoms. The molecule has 1 aromatic heterocycles. The van der Waals surface area contributed by atoms with E-state index in [4.69, 9.17) is 22.9 Å². The Morgan fingerprint density at radius 2 is 1.35 bits per heavy atom. The molecular weight excluding hydrogens is 973 g/mol. The number of nitrogens with two attached hydrogens (primary N) is 4. The van der Waals surface area contributed by atoms with Crippen molar-refractivity contribution in [3.05, 3.63) is 83.9 Å². The molecule has 25 heteroatoms. The summed E-state index contributed by atoms with van der Waals surface area (Å²) >= 11 is 0. The summed E-state index contributed by atoms with van der Waals surface area (Å²) in [5.74, 6) is -8.96. The van der Waals surface area contributed by atoms with Gasteiger partial charge in [0.1, 0.15) is 48.0 Å². The number of nitrogens with zero attached hydrogens (tertiary/aromatic N) is 3. The van der Waals surface area contributed by atoms with Crippen molar-refractivity contribution in [1.29, 1.82) is 0 Å². The highest BCUT2D eigenvalue weighted by Gasteiger charge is 2.41. The predicted octanol–water partition coefficient (Wildman–Crippen LogP) is -1.91. The summed E-state index contributed by atoms with van der Waals surface area (Å²) in [7, 11) is 0. The Morgan fingerprint density at radius 3 is 1.95 bits per heavy atom. The van der Waals surface area contributed by atoms with Crippen LogP contribution in [0.2, 0.25) is 0 Å². The summed E-state index contributed by atoms with van der Waals surface area (Å²) in [6.45, 7) is 6.97. The number of amides is 8. The monoisotopic (exact) mass is 1040 g/mol. The van der Waals surface area contributed by atoms with Crippen LogP contribution in [0.5, 0.6) is 5.75 Å². The number of aromatic amines is 1. The van der Waals surface area contributed by atoms with E-state index in [0.29, 0.717) is 24.1 Å². The van der Waals surface area contributed by atoms with E-state index in [9.17, 15) is 53.4 Å². The number of likely N-dealkylation sites (tertiary alicyclic amines) is 1. The number of carboxylic acid groups (broad SMARTS) is 1. The second-order valence-electron chi connectivity index (χ2n) is 18.9. The Kier molecular flexibility index (Phi) is 23.0. The third kappa shape index (κ3) is 18.7. The number of carbonyl (C=O) groups excluding carboxylic acids is 8. The normalized spacial score (nSPS) is 16.3. The van der Waals surface area contributed by atoms with Gasteiger partial charge in [0.25, 0.3) is 0 Å². The maximum absolute atomic E-state index is 14.6. The van der Waals surface area contributed by atoms with Crippen LogP contribution in [0.3, 0.4) is 0 Å². The van der Waals surface area contributed by atoms with E-state index in [1.807, 2.05) is 6.07 Å². The molecule has 9 atom stereocenters. The van der Waals surface area contributed by atoms with Gasteiger partial charge in [-0.05, 0) is 60.8 Å². The van der Waals surface area contributed by atoms with Crippen LogP contribution in [0.15, 0.2) is 72.1 Å². The Labute approximate surface area is 434 Å². The lowest BCUT2D eigenvalue weighted by Crippen LogP contribution is -2.62. The SMILES string of the molecule is CC[C@H](C)[C@H](NC(=O)[C@H](Cc1ccc(O)cc1)NC(=O)[C@@H](NC(=O)[C@H](CCCN=C(N)N)NC(=O)[C@@H](N)CC(=O)O)C(C)C)C(=O)N[C@@H](Cc1cnc[nH]1)C(=O)N1CCC[C@H]1C(=O)N[C@@H](Cc1ccccc1)C(N)=O. The molecule has 4 rings (SSSR count). The quantitative estimate of drug-likeness (QED) is 0.0205. The number of primary amides is 1. The lowest BCUT2D eigenvalue weighted by Gasteiger charge is -2.32. The van der Waals surface area contributed by atoms with Crippen molar-refractivity contribution in [3.63, 3.8) is 0 Å². The zero-order valence-electron chi connectivity index (χ0n) is 42.6. The number of aliphatic imine (C=N–C) groups is 1. The van der Waals surface area contributed by atoms with Crippen molar-refractivity contribution in [3.8, 4) is 5.75 Å². The highest BCUT2D eigenvalue weighted by Crippen LogP contribution is 2.21. The first-order valence-electron chi connectivity index (χ1n) is 24.8. The number of nitrogens with one attached hydrogen (secondary N) is 7. The van der Waals surface area contributed by atoms with Crippen molar-refractivity contribution in [1.82, 2.24) is 46.8 Å². The van der Waals surface area contributed by atoms with Gasteiger partial charge in [-0.2, -0.15) is 0 Å². The average Bonchev–Trinajstić information content (AvgIpc) is 4.08. The molecule has 1 aliphatic rings. The fraction of sp³-hybridized carbons (Fsp3) is 0.500. The number of aliphatic carboxylic acids is 1. The molecule has 25 nitrogen and oxygen atoms in total. The Balaban J connectivity index is 1.59. The van der Waals surface area contributed by atoms with Gasteiger partial charge >= 0.3 is 5.97 Å². The molecule has 0 radical (unpaired) electrons. The van der Waals surface area contributed by atoms with Crippen LogP contribution in [0.25, 0.3) is 0 Å².